The van der Waals surface area contributed by atoms with Crippen molar-refractivity contribution in [2.45, 2.75) is 32.4 Å². The lowest BCUT2D eigenvalue weighted by Crippen LogP contribution is -2.36. The molecule has 3 rings (SSSR count). The molecule has 0 spiro atoms. The number of nitrogens with zero attached hydrogens (tertiary/aromatic N) is 2. The summed E-state index contributed by atoms with van der Waals surface area (Å²) in [6, 6.07) is 9.96. The van der Waals surface area contributed by atoms with Crippen LogP contribution >= 0.6 is 12.4 Å². The molecule has 1 heterocycles. The molecular weight excluding hydrogens is 310 g/mol. The molecular formula is C18H30ClN3O. The third-order valence-corrected chi connectivity index (χ3v) is 4.59. The van der Waals surface area contributed by atoms with Crippen molar-refractivity contribution < 1.29 is 4.74 Å². The molecule has 1 N–H and O–H groups in total. The molecule has 0 aromatic heterocycles. The van der Waals surface area contributed by atoms with Gasteiger partial charge in [-0.05, 0) is 37.1 Å². The van der Waals surface area contributed by atoms with E-state index in [1.807, 2.05) is 0 Å². The highest BCUT2D eigenvalue weighted by molar-refractivity contribution is 5.85. The van der Waals surface area contributed by atoms with Crippen LogP contribution in [0.1, 0.15) is 25.3 Å². The maximum Gasteiger partial charge on any atom is 0.0642 e. The summed E-state index contributed by atoms with van der Waals surface area (Å²) in [5.74, 6) is 0. The van der Waals surface area contributed by atoms with Gasteiger partial charge >= 0.3 is 0 Å². The first-order valence-electron chi connectivity index (χ1n) is 8.73. The van der Waals surface area contributed by atoms with E-state index in [1.54, 1.807) is 0 Å². The van der Waals surface area contributed by atoms with Crippen LogP contribution in [0.25, 0.3) is 0 Å². The number of morpholine rings is 1. The molecule has 23 heavy (non-hydrogen) atoms. The van der Waals surface area contributed by atoms with E-state index in [0.29, 0.717) is 0 Å². The van der Waals surface area contributed by atoms with Gasteiger partial charge in [0.1, 0.15) is 0 Å². The van der Waals surface area contributed by atoms with Crippen LogP contribution in [0.2, 0.25) is 0 Å². The van der Waals surface area contributed by atoms with Crippen molar-refractivity contribution in [1.29, 1.82) is 0 Å². The van der Waals surface area contributed by atoms with Gasteiger partial charge in [-0.15, -0.1) is 12.4 Å². The standard InChI is InChI=1S/C18H29N3O.ClH/c1-2-19-9-10-21(18-7-8-18)15-16-3-5-17(6-4-16)20-11-13-22-14-12-20;/h3-6,18-19H,2,7-15H2,1H3;1H. The number of hydrogen-bond acceptors (Lipinski definition) is 4. The van der Waals surface area contributed by atoms with E-state index in [1.165, 1.54) is 24.1 Å². The topological polar surface area (TPSA) is 27.7 Å². The molecule has 1 aromatic rings. The van der Waals surface area contributed by atoms with Crippen molar-refractivity contribution in [2.24, 2.45) is 0 Å². The third-order valence-electron chi connectivity index (χ3n) is 4.59. The molecule has 1 aliphatic carbocycles. The van der Waals surface area contributed by atoms with Crippen molar-refractivity contribution >= 4 is 18.1 Å². The lowest BCUT2D eigenvalue weighted by molar-refractivity contribution is 0.122. The average Bonchev–Trinajstić information content (AvgIpc) is 3.40. The van der Waals surface area contributed by atoms with Gasteiger partial charge in [-0.3, -0.25) is 4.90 Å². The van der Waals surface area contributed by atoms with E-state index in [2.05, 4.69) is 46.3 Å². The van der Waals surface area contributed by atoms with Crippen LogP contribution < -0.4 is 10.2 Å². The minimum absolute atomic E-state index is 0. The Morgan fingerprint density at radius 3 is 2.48 bits per heavy atom. The van der Waals surface area contributed by atoms with Crippen molar-refractivity contribution in [1.82, 2.24) is 10.2 Å². The predicted molar refractivity (Wildman–Crippen MR) is 98.7 cm³/mol. The molecule has 0 amide bonds. The van der Waals surface area contributed by atoms with Crippen LogP contribution in [0.3, 0.4) is 0 Å². The first-order chi connectivity index (χ1) is 10.9. The number of ether oxygens (including phenoxy) is 1. The summed E-state index contributed by atoms with van der Waals surface area (Å²) in [5, 5.41) is 3.44. The first-order valence-corrected chi connectivity index (χ1v) is 8.73. The van der Waals surface area contributed by atoms with Crippen LogP contribution in [-0.2, 0) is 11.3 Å². The number of nitrogens with one attached hydrogen (secondary N) is 1. The minimum atomic E-state index is 0. The number of likely N-dealkylation sites (N-methyl/N-ethyl adjacent to an activating group) is 1. The number of rotatable bonds is 8. The molecule has 130 valence electrons. The lowest BCUT2D eigenvalue weighted by Gasteiger charge is -2.29. The maximum absolute atomic E-state index is 5.42. The molecule has 0 unspecified atom stereocenters. The largest absolute Gasteiger partial charge is 0.378 e. The summed E-state index contributed by atoms with van der Waals surface area (Å²) in [6.07, 6.45) is 2.75. The quantitative estimate of drug-likeness (QED) is 0.737. The zero-order valence-corrected chi connectivity index (χ0v) is 15.0. The van der Waals surface area contributed by atoms with Crippen molar-refractivity contribution in [2.75, 3.05) is 50.8 Å². The molecule has 0 bridgehead atoms. The zero-order chi connectivity index (χ0) is 15.2. The molecule has 2 aliphatic rings. The van der Waals surface area contributed by atoms with Gasteiger partial charge in [-0.2, -0.15) is 0 Å². The second kappa shape index (κ2) is 9.48. The van der Waals surface area contributed by atoms with Crippen LogP contribution in [0.5, 0.6) is 0 Å². The summed E-state index contributed by atoms with van der Waals surface area (Å²) < 4.78 is 5.42. The fourth-order valence-electron chi connectivity index (χ4n) is 3.10. The highest BCUT2D eigenvalue weighted by Gasteiger charge is 2.28. The average molecular weight is 340 g/mol. The number of benzene rings is 1. The van der Waals surface area contributed by atoms with E-state index in [0.717, 1.165) is 58.5 Å². The highest BCUT2D eigenvalue weighted by Crippen LogP contribution is 2.28. The van der Waals surface area contributed by atoms with Gasteiger partial charge in [0, 0.05) is 44.5 Å². The Hall–Kier alpha value is -0.810. The van der Waals surface area contributed by atoms with Crippen LogP contribution in [0.4, 0.5) is 5.69 Å². The molecule has 4 nitrogen and oxygen atoms in total. The highest BCUT2D eigenvalue weighted by atomic mass is 35.5. The Kier molecular flexibility index (Phi) is 7.63. The fraction of sp³-hybridized carbons (Fsp3) is 0.667. The summed E-state index contributed by atoms with van der Waals surface area (Å²) in [5.41, 5.74) is 2.76. The van der Waals surface area contributed by atoms with Gasteiger partial charge in [-0.25, -0.2) is 0 Å². The predicted octanol–water partition coefficient (Wildman–Crippen LogP) is 2.52. The summed E-state index contributed by atoms with van der Waals surface area (Å²) >= 11 is 0. The van der Waals surface area contributed by atoms with Gasteiger partial charge in [0.2, 0.25) is 0 Å². The summed E-state index contributed by atoms with van der Waals surface area (Å²) in [4.78, 5) is 5.05. The lowest BCUT2D eigenvalue weighted by atomic mass is 10.1. The fourth-order valence-corrected chi connectivity index (χ4v) is 3.10. The van der Waals surface area contributed by atoms with Crippen molar-refractivity contribution in [3.05, 3.63) is 29.8 Å². The molecule has 1 saturated carbocycles. The normalized spacial score (nSPS) is 18.1. The van der Waals surface area contributed by atoms with Crippen LogP contribution in [0, 0.1) is 0 Å². The molecule has 1 aliphatic heterocycles. The van der Waals surface area contributed by atoms with Crippen LogP contribution in [-0.4, -0.2) is 56.9 Å². The number of halogens is 1. The second-order valence-electron chi connectivity index (χ2n) is 6.32. The smallest absolute Gasteiger partial charge is 0.0642 e. The van der Waals surface area contributed by atoms with E-state index in [4.69, 9.17) is 4.74 Å². The minimum Gasteiger partial charge on any atom is -0.378 e. The van der Waals surface area contributed by atoms with Gasteiger partial charge in [0.15, 0.2) is 0 Å². The monoisotopic (exact) mass is 339 g/mol. The van der Waals surface area contributed by atoms with Gasteiger partial charge < -0.3 is 15.0 Å². The Morgan fingerprint density at radius 1 is 1.17 bits per heavy atom. The molecule has 1 saturated heterocycles. The van der Waals surface area contributed by atoms with Crippen LogP contribution in [0.15, 0.2) is 24.3 Å². The van der Waals surface area contributed by atoms with Gasteiger partial charge in [0.05, 0.1) is 13.2 Å². The molecule has 5 heteroatoms. The third kappa shape index (κ3) is 5.64. The Labute approximate surface area is 146 Å². The zero-order valence-electron chi connectivity index (χ0n) is 14.2. The van der Waals surface area contributed by atoms with Gasteiger partial charge in [-0.1, -0.05) is 19.1 Å². The van der Waals surface area contributed by atoms with Gasteiger partial charge in [0.25, 0.3) is 0 Å². The molecule has 2 fully saturated rings. The maximum atomic E-state index is 5.42. The van der Waals surface area contributed by atoms with E-state index in [9.17, 15) is 0 Å². The Bertz CT molecular complexity index is 444. The summed E-state index contributed by atoms with van der Waals surface area (Å²) in [6.45, 7) is 10.3. The second-order valence-corrected chi connectivity index (χ2v) is 6.32. The number of hydrogen-bond donors (Lipinski definition) is 1. The number of anilines is 1. The van der Waals surface area contributed by atoms with E-state index < -0.39 is 0 Å². The van der Waals surface area contributed by atoms with Crippen molar-refractivity contribution in [3.8, 4) is 0 Å². The van der Waals surface area contributed by atoms with Crippen molar-refractivity contribution in [3.63, 3.8) is 0 Å². The SMILES string of the molecule is CCNCCN(Cc1ccc(N2CCOCC2)cc1)C1CC1.Cl. The molecule has 0 radical (unpaired) electrons. The summed E-state index contributed by atoms with van der Waals surface area (Å²) in [7, 11) is 0. The Morgan fingerprint density at radius 2 is 1.87 bits per heavy atom. The molecule has 0 atom stereocenters. The first kappa shape index (κ1) is 18.5. The van der Waals surface area contributed by atoms with E-state index in [-0.39, 0.29) is 12.4 Å². The Balaban J connectivity index is 0.00000192. The van der Waals surface area contributed by atoms with E-state index >= 15 is 0 Å². The molecule has 1 aromatic carbocycles.